The lowest BCUT2D eigenvalue weighted by Gasteiger charge is -2.10. The molecule has 0 radical (unpaired) electrons. The minimum absolute atomic E-state index is 0.357. The zero-order valence-corrected chi connectivity index (χ0v) is 14.3. The average molecular weight is 402 g/mol. The summed E-state index contributed by atoms with van der Waals surface area (Å²) < 4.78 is 61.4. The van der Waals surface area contributed by atoms with Gasteiger partial charge < -0.3 is 5.32 Å². The van der Waals surface area contributed by atoms with Gasteiger partial charge >= 0.3 is 12.2 Å². The number of hydrazine groups is 1. The molecule has 3 amide bonds. The van der Waals surface area contributed by atoms with Gasteiger partial charge in [-0.2, -0.15) is 13.2 Å². The summed E-state index contributed by atoms with van der Waals surface area (Å²) >= 11 is 0. The molecule has 0 atom stereocenters. The molecule has 1 aromatic heterocycles. The van der Waals surface area contributed by atoms with Gasteiger partial charge in [0.05, 0.1) is 5.56 Å². The number of rotatable bonds is 4. The van der Waals surface area contributed by atoms with Crippen LogP contribution in [0.15, 0.2) is 53.7 Å². The maximum Gasteiger partial charge on any atom is 0.417 e. The van der Waals surface area contributed by atoms with Crippen LogP contribution >= 0.6 is 0 Å². The molecule has 0 spiro atoms. The maximum absolute atomic E-state index is 12.5. The predicted molar refractivity (Wildman–Crippen MR) is 88.0 cm³/mol. The molecular formula is C15H13F3N4O4S. The Morgan fingerprint density at radius 2 is 1.67 bits per heavy atom. The van der Waals surface area contributed by atoms with Crippen molar-refractivity contribution < 1.29 is 31.2 Å². The minimum atomic E-state index is -4.66. The fraction of sp³-hybridized carbons (Fsp3) is 0.133. The lowest BCUT2D eigenvalue weighted by atomic mass is 10.3. The van der Waals surface area contributed by atoms with Gasteiger partial charge in [-0.1, -0.05) is 18.2 Å². The van der Waals surface area contributed by atoms with E-state index < -0.39 is 44.3 Å². The number of halogens is 3. The molecule has 0 aliphatic rings. The van der Waals surface area contributed by atoms with Crippen LogP contribution in [0.1, 0.15) is 5.56 Å². The molecule has 2 rings (SSSR count). The van der Waals surface area contributed by atoms with Gasteiger partial charge in [0.1, 0.15) is 5.75 Å². The first-order chi connectivity index (χ1) is 12.6. The Hall–Kier alpha value is -3.15. The molecule has 8 nitrogen and oxygen atoms in total. The highest BCUT2D eigenvalue weighted by molar-refractivity contribution is 7.92. The Bertz CT molecular complexity index is 916. The van der Waals surface area contributed by atoms with Crippen LogP contribution in [0.5, 0.6) is 0 Å². The fourth-order valence-electron chi connectivity index (χ4n) is 1.82. The Labute approximate surface area is 151 Å². The van der Waals surface area contributed by atoms with E-state index in [0.717, 1.165) is 0 Å². The van der Waals surface area contributed by atoms with Crippen LogP contribution in [-0.2, 0) is 20.8 Å². The van der Waals surface area contributed by atoms with E-state index >= 15 is 0 Å². The van der Waals surface area contributed by atoms with Gasteiger partial charge in [0, 0.05) is 11.9 Å². The molecule has 0 aliphatic carbocycles. The van der Waals surface area contributed by atoms with E-state index in [0.29, 0.717) is 24.0 Å². The summed E-state index contributed by atoms with van der Waals surface area (Å²) in [4.78, 5) is 26.5. The molecule has 0 saturated heterocycles. The van der Waals surface area contributed by atoms with E-state index in [-0.39, 0.29) is 0 Å². The van der Waals surface area contributed by atoms with Gasteiger partial charge in [-0.15, -0.1) is 0 Å². The van der Waals surface area contributed by atoms with E-state index in [1.807, 2.05) is 10.9 Å². The van der Waals surface area contributed by atoms with Crippen LogP contribution in [0.25, 0.3) is 0 Å². The van der Waals surface area contributed by atoms with E-state index in [4.69, 9.17) is 0 Å². The van der Waals surface area contributed by atoms with Gasteiger partial charge in [0.25, 0.3) is 5.91 Å². The number of benzene rings is 1. The number of aromatic nitrogens is 1. The molecule has 3 N–H and O–H groups in total. The first kappa shape index (κ1) is 20.2. The number of pyridine rings is 1. The van der Waals surface area contributed by atoms with Crippen molar-refractivity contribution in [1.29, 1.82) is 0 Å². The zero-order chi connectivity index (χ0) is 20.1. The number of nitrogens with zero attached hydrogens (tertiary/aromatic N) is 1. The summed E-state index contributed by atoms with van der Waals surface area (Å²) in [5, 5.41) is 1.68. The van der Waals surface area contributed by atoms with Gasteiger partial charge in [0.2, 0.25) is 9.84 Å². The van der Waals surface area contributed by atoms with Gasteiger partial charge in [0.15, 0.2) is 5.03 Å². The molecule has 27 heavy (non-hydrogen) atoms. The van der Waals surface area contributed by atoms with Crippen molar-refractivity contribution in [2.75, 3.05) is 11.1 Å². The fourth-order valence-corrected chi connectivity index (χ4v) is 2.88. The minimum Gasteiger partial charge on any atom is -0.307 e. The van der Waals surface area contributed by atoms with Gasteiger partial charge in [-0.3, -0.25) is 10.2 Å². The number of carbonyl (C=O) groups is 2. The number of amides is 3. The molecule has 0 bridgehead atoms. The third kappa shape index (κ3) is 5.95. The second kappa shape index (κ2) is 8.03. The summed E-state index contributed by atoms with van der Waals surface area (Å²) in [7, 11) is -4.29. The van der Waals surface area contributed by atoms with Crippen LogP contribution in [0.2, 0.25) is 0 Å². The van der Waals surface area contributed by atoms with Crippen LogP contribution in [0.3, 0.4) is 0 Å². The number of hydrogen-bond donors (Lipinski definition) is 3. The normalized spacial score (nSPS) is 11.5. The van der Waals surface area contributed by atoms with E-state index in [2.05, 4.69) is 10.3 Å². The number of urea groups is 1. The summed E-state index contributed by atoms with van der Waals surface area (Å²) in [6.07, 6.45) is -4.31. The molecule has 1 aromatic carbocycles. The van der Waals surface area contributed by atoms with Crippen LogP contribution in [0, 0.1) is 0 Å². The molecule has 2 aromatic rings. The monoisotopic (exact) mass is 402 g/mol. The van der Waals surface area contributed by atoms with Gasteiger partial charge in [-0.05, 0) is 24.3 Å². The second-order valence-corrected chi connectivity index (χ2v) is 7.07. The molecule has 1 heterocycles. The summed E-state index contributed by atoms with van der Waals surface area (Å²) in [6, 6.07) is 8.61. The SMILES string of the molecule is O=C(CS(=O)(=O)c1ccc(C(F)(F)F)cn1)NNC(=O)Nc1ccccc1. The molecule has 144 valence electrons. The number of anilines is 1. The van der Waals surface area contributed by atoms with E-state index in [9.17, 15) is 31.2 Å². The summed E-state index contributed by atoms with van der Waals surface area (Å²) in [5.74, 6) is -2.21. The molecule has 0 aliphatic heterocycles. The third-order valence-electron chi connectivity index (χ3n) is 3.05. The number of nitrogens with one attached hydrogen (secondary N) is 3. The lowest BCUT2D eigenvalue weighted by molar-refractivity contribution is -0.137. The van der Waals surface area contributed by atoms with Crippen molar-refractivity contribution in [1.82, 2.24) is 15.8 Å². The van der Waals surface area contributed by atoms with Crippen molar-refractivity contribution >= 4 is 27.5 Å². The number of hydrogen-bond acceptors (Lipinski definition) is 5. The molecule has 0 unspecified atom stereocenters. The molecule has 0 saturated carbocycles. The molecule has 0 fully saturated rings. The van der Waals surface area contributed by atoms with Crippen molar-refractivity contribution in [3.63, 3.8) is 0 Å². The number of carbonyl (C=O) groups excluding carboxylic acids is 2. The highest BCUT2D eigenvalue weighted by atomic mass is 32.2. The van der Waals surface area contributed by atoms with Crippen molar-refractivity contribution in [3.8, 4) is 0 Å². The lowest BCUT2D eigenvalue weighted by Crippen LogP contribution is -2.46. The number of para-hydroxylation sites is 1. The van der Waals surface area contributed by atoms with Crippen LogP contribution in [-0.4, -0.2) is 31.1 Å². The highest BCUT2D eigenvalue weighted by Crippen LogP contribution is 2.28. The van der Waals surface area contributed by atoms with E-state index in [1.165, 1.54) is 0 Å². The Balaban J connectivity index is 1.91. The first-order valence-corrected chi connectivity index (χ1v) is 8.90. The maximum atomic E-state index is 12.5. The molecular weight excluding hydrogens is 389 g/mol. The first-order valence-electron chi connectivity index (χ1n) is 7.25. The topological polar surface area (TPSA) is 117 Å². The summed E-state index contributed by atoms with van der Waals surface area (Å²) in [6.45, 7) is 0. The number of alkyl halides is 3. The van der Waals surface area contributed by atoms with Gasteiger partial charge in [-0.25, -0.2) is 23.6 Å². The van der Waals surface area contributed by atoms with Crippen LogP contribution in [0.4, 0.5) is 23.7 Å². The Kier molecular flexibility index (Phi) is 6.00. The second-order valence-electron chi connectivity index (χ2n) is 5.14. The smallest absolute Gasteiger partial charge is 0.307 e. The quantitative estimate of drug-likeness (QED) is 0.674. The van der Waals surface area contributed by atoms with Crippen molar-refractivity contribution in [2.24, 2.45) is 0 Å². The average Bonchev–Trinajstić information content (AvgIpc) is 2.60. The van der Waals surface area contributed by atoms with Crippen molar-refractivity contribution in [2.45, 2.75) is 11.2 Å². The Morgan fingerprint density at radius 3 is 2.22 bits per heavy atom. The third-order valence-corrected chi connectivity index (χ3v) is 4.57. The Morgan fingerprint density at radius 1 is 1.00 bits per heavy atom. The largest absolute Gasteiger partial charge is 0.417 e. The van der Waals surface area contributed by atoms with E-state index in [1.54, 1.807) is 30.3 Å². The standard InChI is InChI=1S/C15H13F3N4O4S/c16-15(17,18)10-6-7-13(19-8-10)27(25,26)9-12(23)21-22-14(24)20-11-4-2-1-3-5-11/h1-8H,9H2,(H,21,23)(H2,20,22,24). The predicted octanol–water partition coefficient (Wildman–Crippen LogP) is 1.73. The molecule has 12 heteroatoms. The van der Waals surface area contributed by atoms with Crippen LogP contribution < -0.4 is 16.2 Å². The highest BCUT2D eigenvalue weighted by Gasteiger charge is 2.31. The zero-order valence-electron chi connectivity index (χ0n) is 13.4. The number of sulfone groups is 1. The van der Waals surface area contributed by atoms with Crippen molar-refractivity contribution in [3.05, 3.63) is 54.2 Å². The summed E-state index contributed by atoms with van der Waals surface area (Å²) in [5.41, 5.74) is 3.14.